The third-order valence-corrected chi connectivity index (χ3v) is 3.31. The van der Waals surface area contributed by atoms with E-state index < -0.39 is 0 Å². The first kappa shape index (κ1) is 16.0. The van der Waals surface area contributed by atoms with Crippen molar-refractivity contribution < 1.29 is 14.6 Å². The fourth-order valence-electron chi connectivity index (χ4n) is 2.15. The minimum Gasteiger partial charge on any atom is -0.458 e. The van der Waals surface area contributed by atoms with E-state index in [1.54, 1.807) is 6.08 Å². The number of benzene rings is 2. The number of rotatable bonds is 6. The second kappa shape index (κ2) is 8.15. The van der Waals surface area contributed by atoms with Crippen LogP contribution in [0, 0.1) is 6.92 Å². The topological polar surface area (TPSA) is 46.5 Å². The number of aryl methyl sites for hydroxylation is 1. The van der Waals surface area contributed by atoms with Crippen LogP contribution in [0.3, 0.4) is 0 Å². The number of ether oxygens (including phenoxy) is 1. The maximum Gasteiger partial charge on any atom is 0.331 e. The van der Waals surface area contributed by atoms with Crippen LogP contribution >= 0.6 is 0 Å². The van der Waals surface area contributed by atoms with Gasteiger partial charge in [0.05, 0.1) is 0 Å². The Labute approximate surface area is 130 Å². The number of carbonyl (C=O) groups is 1. The van der Waals surface area contributed by atoms with Crippen LogP contribution in [0.2, 0.25) is 0 Å². The van der Waals surface area contributed by atoms with E-state index in [9.17, 15) is 4.79 Å². The molecule has 0 spiro atoms. The number of esters is 1. The van der Waals surface area contributed by atoms with Gasteiger partial charge >= 0.3 is 5.97 Å². The lowest BCUT2D eigenvalue weighted by Crippen LogP contribution is -2.01. The maximum atomic E-state index is 11.8. The molecule has 0 fully saturated rings. The van der Waals surface area contributed by atoms with Gasteiger partial charge in [-0.2, -0.15) is 0 Å². The highest BCUT2D eigenvalue weighted by atomic mass is 16.5. The lowest BCUT2D eigenvalue weighted by Gasteiger charge is -2.06. The molecule has 0 unspecified atom stereocenters. The summed E-state index contributed by atoms with van der Waals surface area (Å²) in [6, 6.07) is 15.5. The summed E-state index contributed by atoms with van der Waals surface area (Å²) in [5, 5.41) is 9.09. The molecule has 22 heavy (non-hydrogen) atoms. The largest absolute Gasteiger partial charge is 0.458 e. The second-order valence-electron chi connectivity index (χ2n) is 5.10. The Balaban J connectivity index is 1.98. The number of hydrogen-bond donors (Lipinski definition) is 1. The van der Waals surface area contributed by atoms with Gasteiger partial charge in [-0.15, -0.1) is 0 Å². The highest BCUT2D eigenvalue weighted by Gasteiger charge is 2.02. The Morgan fingerprint density at radius 3 is 2.68 bits per heavy atom. The summed E-state index contributed by atoms with van der Waals surface area (Å²) >= 11 is 0. The van der Waals surface area contributed by atoms with Gasteiger partial charge in [-0.3, -0.25) is 0 Å². The zero-order valence-corrected chi connectivity index (χ0v) is 12.7. The van der Waals surface area contributed by atoms with Crippen LogP contribution in [0.1, 0.15) is 22.3 Å². The van der Waals surface area contributed by atoms with Crippen molar-refractivity contribution in [3.63, 3.8) is 0 Å². The number of carbonyl (C=O) groups excluding carboxylic acids is 1. The molecule has 0 saturated carbocycles. The van der Waals surface area contributed by atoms with Gasteiger partial charge in [0.15, 0.2) is 0 Å². The van der Waals surface area contributed by atoms with Gasteiger partial charge in [-0.1, -0.05) is 54.1 Å². The van der Waals surface area contributed by atoms with Crippen LogP contribution in [0.5, 0.6) is 0 Å². The molecule has 0 aliphatic heterocycles. The summed E-state index contributed by atoms with van der Waals surface area (Å²) < 4.78 is 5.20. The van der Waals surface area contributed by atoms with Crippen LogP contribution in [-0.4, -0.2) is 17.7 Å². The number of hydrogen-bond acceptors (Lipinski definition) is 3. The van der Waals surface area contributed by atoms with E-state index in [1.807, 2.05) is 55.5 Å². The molecular weight excluding hydrogens is 276 g/mol. The lowest BCUT2D eigenvalue weighted by atomic mass is 10.0. The van der Waals surface area contributed by atoms with Crippen molar-refractivity contribution >= 4 is 12.0 Å². The third-order valence-electron chi connectivity index (χ3n) is 3.31. The van der Waals surface area contributed by atoms with Crippen LogP contribution in [0.25, 0.3) is 6.08 Å². The van der Waals surface area contributed by atoms with Crippen LogP contribution in [0.4, 0.5) is 0 Å². The molecule has 114 valence electrons. The highest BCUT2D eigenvalue weighted by Crippen LogP contribution is 2.14. The first-order chi connectivity index (χ1) is 10.7. The van der Waals surface area contributed by atoms with E-state index in [1.165, 1.54) is 6.08 Å². The Morgan fingerprint density at radius 2 is 1.95 bits per heavy atom. The lowest BCUT2D eigenvalue weighted by molar-refractivity contribution is -0.138. The molecule has 2 aromatic rings. The Kier molecular flexibility index (Phi) is 5.92. The standard InChI is InChI=1S/C19H20O3/c1-15-7-8-17(11-12-20)18(13-15)9-10-19(21)22-14-16-5-3-2-4-6-16/h2-10,13,20H,11-12,14H2,1H3/b10-9+. The zero-order chi connectivity index (χ0) is 15.8. The zero-order valence-electron chi connectivity index (χ0n) is 12.7. The molecule has 3 nitrogen and oxygen atoms in total. The van der Waals surface area contributed by atoms with E-state index >= 15 is 0 Å². The average molecular weight is 296 g/mol. The van der Waals surface area contributed by atoms with Gasteiger partial charge in [0.25, 0.3) is 0 Å². The summed E-state index contributed by atoms with van der Waals surface area (Å²) in [4.78, 5) is 11.8. The quantitative estimate of drug-likeness (QED) is 0.657. The van der Waals surface area contributed by atoms with Crippen molar-refractivity contribution in [1.29, 1.82) is 0 Å². The number of aliphatic hydroxyl groups is 1. The Morgan fingerprint density at radius 1 is 1.18 bits per heavy atom. The van der Waals surface area contributed by atoms with Crippen LogP contribution < -0.4 is 0 Å². The summed E-state index contributed by atoms with van der Waals surface area (Å²) in [7, 11) is 0. The van der Waals surface area contributed by atoms with Crippen molar-refractivity contribution in [1.82, 2.24) is 0 Å². The Hall–Kier alpha value is -2.39. The summed E-state index contributed by atoms with van der Waals surface area (Å²) in [5.74, 6) is -0.375. The van der Waals surface area contributed by atoms with E-state index in [0.29, 0.717) is 6.42 Å². The predicted octanol–water partition coefficient (Wildman–Crippen LogP) is 3.29. The normalized spacial score (nSPS) is 10.8. The predicted molar refractivity (Wildman–Crippen MR) is 87.2 cm³/mol. The molecule has 1 N–H and O–H groups in total. The molecule has 3 heteroatoms. The fraction of sp³-hybridized carbons (Fsp3) is 0.211. The van der Waals surface area contributed by atoms with Crippen molar-refractivity contribution in [3.8, 4) is 0 Å². The first-order valence-corrected chi connectivity index (χ1v) is 7.28. The first-order valence-electron chi connectivity index (χ1n) is 7.28. The van der Waals surface area contributed by atoms with Crippen molar-refractivity contribution in [2.45, 2.75) is 20.0 Å². The SMILES string of the molecule is Cc1ccc(CCO)c(/C=C/C(=O)OCc2ccccc2)c1. The smallest absolute Gasteiger partial charge is 0.331 e. The van der Waals surface area contributed by atoms with E-state index in [2.05, 4.69) is 0 Å². The monoisotopic (exact) mass is 296 g/mol. The third kappa shape index (κ3) is 4.86. The molecule has 0 bridgehead atoms. The van der Waals surface area contributed by atoms with Crippen molar-refractivity contribution in [2.24, 2.45) is 0 Å². The molecule has 2 aromatic carbocycles. The highest BCUT2D eigenvalue weighted by molar-refractivity contribution is 5.87. The van der Waals surface area contributed by atoms with Gasteiger partial charge in [0.2, 0.25) is 0 Å². The molecule has 0 aromatic heterocycles. The summed E-state index contributed by atoms with van der Waals surface area (Å²) in [6.45, 7) is 2.34. The maximum absolute atomic E-state index is 11.8. The minimum absolute atomic E-state index is 0.0857. The molecule has 0 radical (unpaired) electrons. The van der Waals surface area contributed by atoms with E-state index in [0.717, 1.165) is 22.3 Å². The molecule has 0 heterocycles. The molecule has 0 aliphatic rings. The molecule has 2 rings (SSSR count). The van der Waals surface area contributed by atoms with E-state index in [-0.39, 0.29) is 19.2 Å². The minimum atomic E-state index is -0.375. The van der Waals surface area contributed by atoms with Crippen molar-refractivity contribution in [2.75, 3.05) is 6.61 Å². The summed E-state index contributed by atoms with van der Waals surface area (Å²) in [5.41, 5.74) is 4.02. The molecule has 0 aliphatic carbocycles. The van der Waals surface area contributed by atoms with Gasteiger partial charge in [0, 0.05) is 12.7 Å². The van der Waals surface area contributed by atoms with Gasteiger partial charge < -0.3 is 9.84 Å². The van der Waals surface area contributed by atoms with Gasteiger partial charge in [0.1, 0.15) is 6.61 Å². The summed E-state index contributed by atoms with van der Waals surface area (Å²) in [6.07, 6.45) is 3.74. The second-order valence-corrected chi connectivity index (χ2v) is 5.10. The molecular formula is C19H20O3. The molecule has 0 atom stereocenters. The Bertz CT molecular complexity index is 645. The van der Waals surface area contributed by atoms with E-state index in [4.69, 9.17) is 9.84 Å². The van der Waals surface area contributed by atoms with Crippen LogP contribution in [0.15, 0.2) is 54.6 Å². The van der Waals surface area contributed by atoms with Crippen LogP contribution in [-0.2, 0) is 22.6 Å². The average Bonchev–Trinajstić information content (AvgIpc) is 2.54. The van der Waals surface area contributed by atoms with Gasteiger partial charge in [-0.25, -0.2) is 4.79 Å². The van der Waals surface area contributed by atoms with Gasteiger partial charge in [-0.05, 0) is 36.1 Å². The fourth-order valence-corrected chi connectivity index (χ4v) is 2.15. The van der Waals surface area contributed by atoms with Crippen molar-refractivity contribution in [3.05, 3.63) is 76.9 Å². The molecule has 0 amide bonds. The molecule has 0 saturated heterocycles. The number of aliphatic hydroxyl groups excluding tert-OH is 1.